The van der Waals surface area contributed by atoms with Gasteiger partial charge in [-0.2, -0.15) is 5.10 Å². The number of benzene rings is 1. The Kier molecular flexibility index (Phi) is 1.90. The molecule has 3 aromatic rings. The number of carboxylic acids is 1. The second kappa shape index (κ2) is 3.47. The first-order valence-electron chi connectivity index (χ1n) is 6.09. The first kappa shape index (κ1) is 10.4. The third-order valence-corrected chi connectivity index (χ3v) is 3.64. The predicted molar refractivity (Wildman–Crippen MR) is 69.4 cm³/mol. The highest BCUT2D eigenvalue weighted by molar-refractivity contribution is 5.92. The van der Waals surface area contributed by atoms with Crippen LogP contribution in [0, 0.1) is 0 Å². The van der Waals surface area contributed by atoms with Crippen molar-refractivity contribution in [3.8, 4) is 0 Å². The number of hydrogen-bond acceptors (Lipinski definition) is 2. The third kappa shape index (κ3) is 1.48. The number of carboxylic acid groups (broad SMARTS) is 1. The molecule has 2 aliphatic rings. The van der Waals surface area contributed by atoms with E-state index in [9.17, 15) is 4.79 Å². The van der Waals surface area contributed by atoms with Crippen LogP contribution in [0.3, 0.4) is 0 Å². The van der Waals surface area contributed by atoms with Gasteiger partial charge in [0.15, 0.2) is 0 Å². The summed E-state index contributed by atoms with van der Waals surface area (Å²) in [5.41, 5.74) is 4.92. The molecular formula is C14H11N3O2. The van der Waals surface area contributed by atoms with Crippen LogP contribution in [0.5, 0.6) is 0 Å². The van der Waals surface area contributed by atoms with E-state index < -0.39 is 5.97 Å². The maximum atomic E-state index is 10.9. The number of rotatable bonds is 3. The molecular weight excluding hydrogens is 242 g/mol. The zero-order valence-corrected chi connectivity index (χ0v) is 10.1. The van der Waals surface area contributed by atoms with Gasteiger partial charge in [-0.05, 0) is 29.2 Å². The topological polar surface area (TPSA) is 70.9 Å². The molecule has 2 aromatic heterocycles. The molecule has 0 saturated heterocycles. The summed E-state index contributed by atoms with van der Waals surface area (Å²) in [6.45, 7) is 0.665. The molecule has 2 aliphatic carbocycles. The Balaban J connectivity index is 1.75. The van der Waals surface area contributed by atoms with Crippen LogP contribution in [-0.4, -0.2) is 25.8 Å². The molecule has 0 atom stereocenters. The quantitative estimate of drug-likeness (QED) is 0.586. The van der Waals surface area contributed by atoms with Crippen molar-refractivity contribution in [3.63, 3.8) is 0 Å². The van der Waals surface area contributed by atoms with Gasteiger partial charge in [-0.3, -0.25) is 0 Å². The van der Waals surface area contributed by atoms with Crippen molar-refractivity contribution in [1.82, 2.24) is 14.8 Å². The molecule has 5 rings (SSSR count). The summed E-state index contributed by atoms with van der Waals surface area (Å²) < 4.78 is 1.81. The van der Waals surface area contributed by atoms with Gasteiger partial charge in [0.1, 0.15) is 11.3 Å². The molecule has 0 radical (unpaired) electrons. The van der Waals surface area contributed by atoms with Crippen molar-refractivity contribution in [2.45, 2.75) is 13.0 Å². The summed E-state index contributed by atoms with van der Waals surface area (Å²) in [6.07, 6.45) is 2.74. The molecule has 2 heterocycles. The van der Waals surface area contributed by atoms with Gasteiger partial charge in [0.05, 0.1) is 12.7 Å². The van der Waals surface area contributed by atoms with Crippen LogP contribution in [0.1, 0.15) is 27.2 Å². The second-order valence-corrected chi connectivity index (χ2v) is 4.87. The number of aromatic nitrogens is 3. The average molecular weight is 253 g/mol. The molecule has 2 bridgehead atoms. The molecule has 0 spiro atoms. The van der Waals surface area contributed by atoms with E-state index >= 15 is 0 Å². The van der Waals surface area contributed by atoms with Gasteiger partial charge >= 0.3 is 5.97 Å². The maximum absolute atomic E-state index is 10.9. The summed E-state index contributed by atoms with van der Waals surface area (Å²) >= 11 is 0. The van der Waals surface area contributed by atoms with Crippen LogP contribution in [0.2, 0.25) is 0 Å². The smallest absolute Gasteiger partial charge is 0.352 e. The Morgan fingerprint density at radius 1 is 1.42 bits per heavy atom. The number of hydrogen-bond donors (Lipinski definition) is 2. The summed E-state index contributed by atoms with van der Waals surface area (Å²) in [4.78, 5) is 13.8. The zero-order chi connectivity index (χ0) is 13.0. The van der Waals surface area contributed by atoms with Crippen molar-refractivity contribution in [3.05, 3.63) is 52.8 Å². The van der Waals surface area contributed by atoms with Crippen LogP contribution in [-0.2, 0) is 13.0 Å². The fourth-order valence-corrected chi connectivity index (χ4v) is 2.55. The summed E-state index contributed by atoms with van der Waals surface area (Å²) in [7, 11) is 0. The molecule has 19 heavy (non-hydrogen) atoms. The molecule has 5 heteroatoms. The van der Waals surface area contributed by atoms with Gasteiger partial charge in [-0.25, -0.2) is 9.48 Å². The largest absolute Gasteiger partial charge is 0.477 e. The summed E-state index contributed by atoms with van der Waals surface area (Å²) in [6, 6.07) is 8.04. The summed E-state index contributed by atoms with van der Waals surface area (Å²) in [5.74, 6) is -0.950. The number of H-pyrrole nitrogens is 1. The van der Waals surface area contributed by atoms with Crippen LogP contribution in [0.15, 0.2) is 30.5 Å². The Morgan fingerprint density at radius 3 is 2.95 bits per heavy atom. The van der Waals surface area contributed by atoms with E-state index in [1.165, 1.54) is 16.7 Å². The maximum Gasteiger partial charge on any atom is 0.352 e. The fraction of sp³-hybridized carbons (Fsp3) is 0.143. The van der Waals surface area contributed by atoms with Crippen molar-refractivity contribution in [2.24, 2.45) is 0 Å². The highest BCUT2D eigenvalue weighted by Gasteiger charge is 2.16. The summed E-state index contributed by atoms with van der Waals surface area (Å²) in [5, 5.41) is 14.1. The number of fused-ring (bicyclic) bond motifs is 3. The minimum Gasteiger partial charge on any atom is -0.477 e. The van der Waals surface area contributed by atoms with E-state index in [4.69, 9.17) is 5.11 Å². The normalized spacial score (nSPS) is 12.6. The third-order valence-electron chi connectivity index (χ3n) is 3.64. The van der Waals surface area contributed by atoms with Crippen LogP contribution < -0.4 is 0 Å². The number of nitrogens with one attached hydrogen (secondary N) is 1. The lowest BCUT2D eigenvalue weighted by molar-refractivity contribution is 0.0691. The Labute approximate surface area is 108 Å². The van der Waals surface area contributed by atoms with E-state index in [0.29, 0.717) is 6.54 Å². The monoisotopic (exact) mass is 253 g/mol. The van der Waals surface area contributed by atoms with Crippen molar-refractivity contribution < 1.29 is 9.90 Å². The van der Waals surface area contributed by atoms with E-state index in [2.05, 4.69) is 28.3 Å². The molecule has 1 aromatic carbocycles. The van der Waals surface area contributed by atoms with Gasteiger partial charge in [0.25, 0.3) is 0 Å². The van der Waals surface area contributed by atoms with E-state index in [0.717, 1.165) is 17.5 Å². The molecule has 0 aliphatic heterocycles. The lowest BCUT2D eigenvalue weighted by Crippen LogP contribution is -2.10. The van der Waals surface area contributed by atoms with Gasteiger partial charge < -0.3 is 10.1 Å². The van der Waals surface area contributed by atoms with E-state index in [-0.39, 0.29) is 5.69 Å². The Morgan fingerprint density at radius 2 is 2.26 bits per heavy atom. The Hall–Kier alpha value is -2.56. The highest BCUT2D eigenvalue weighted by Crippen LogP contribution is 2.26. The van der Waals surface area contributed by atoms with E-state index in [1.807, 2.05) is 4.68 Å². The lowest BCUT2D eigenvalue weighted by atomic mass is 9.88. The van der Waals surface area contributed by atoms with E-state index in [1.54, 1.807) is 12.3 Å². The van der Waals surface area contributed by atoms with Crippen molar-refractivity contribution in [2.75, 3.05) is 0 Å². The van der Waals surface area contributed by atoms with Crippen molar-refractivity contribution in [1.29, 1.82) is 0 Å². The molecule has 0 fully saturated rings. The van der Waals surface area contributed by atoms with Gasteiger partial charge in [-0.15, -0.1) is 0 Å². The van der Waals surface area contributed by atoms with Gasteiger partial charge in [-0.1, -0.05) is 18.2 Å². The van der Waals surface area contributed by atoms with Gasteiger partial charge in [0.2, 0.25) is 0 Å². The van der Waals surface area contributed by atoms with Crippen molar-refractivity contribution >= 4 is 17.0 Å². The molecule has 0 amide bonds. The highest BCUT2D eigenvalue weighted by atomic mass is 16.4. The first-order chi connectivity index (χ1) is 9.20. The first-order valence-corrected chi connectivity index (χ1v) is 6.09. The standard InChI is InChI=1S/C14H11N3O2/c18-14(19)12-5-11-6-15-17(13(11)16-12)7-9-2-1-8-3-10(9)4-8/h1-3,5-6,16H,4,7H2,(H,18,19). The lowest BCUT2D eigenvalue weighted by Gasteiger charge is -2.19. The van der Waals surface area contributed by atoms with Crippen LogP contribution in [0.25, 0.3) is 11.0 Å². The number of carbonyl (C=O) groups is 1. The number of aromatic carboxylic acids is 1. The minimum atomic E-state index is -0.950. The average Bonchev–Trinajstić information content (AvgIpc) is 2.90. The second-order valence-electron chi connectivity index (χ2n) is 4.87. The number of aromatic amines is 1. The Bertz CT molecular complexity index is 810. The number of nitrogens with zero attached hydrogens (tertiary/aromatic N) is 2. The molecule has 94 valence electrons. The van der Waals surface area contributed by atoms with Crippen LogP contribution >= 0.6 is 0 Å². The fourth-order valence-electron chi connectivity index (χ4n) is 2.55. The predicted octanol–water partition coefficient (Wildman–Crippen LogP) is 2.02. The molecule has 2 N–H and O–H groups in total. The molecule has 0 saturated carbocycles. The van der Waals surface area contributed by atoms with Gasteiger partial charge in [0, 0.05) is 5.39 Å². The molecule has 5 nitrogen and oxygen atoms in total. The van der Waals surface area contributed by atoms with Crippen LogP contribution in [0.4, 0.5) is 0 Å². The zero-order valence-electron chi connectivity index (χ0n) is 10.1. The molecule has 0 unspecified atom stereocenters. The SMILES string of the molecule is O=C(O)c1cc2cnn(Cc3ccc4cc3C4)c2[nH]1. The minimum absolute atomic E-state index is 0.198.